The molecule has 1 aromatic heterocycles. The molecule has 6 nitrogen and oxygen atoms in total. The van der Waals surface area contributed by atoms with E-state index in [1.807, 2.05) is 0 Å². The minimum Gasteiger partial charge on any atom is -0.481 e. The summed E-state index contributed by atoms with van der Waals surface area (Å²) in [6.07, 6.45) is 5.74. The number of amides is 2. The summed E-state index contributed by atoms with van der Waals surface area (Å²) < 4.78 is 0. The Morgan fingerprint density at radius 3 is 2.63 bits per heavy atom. The standard InChI is InChI=1S/C13H17N3O3/c17-12(18)7-10-5-6-11(8-14-10)16-13(19)15-9-3-1-2-4-9/h5-6,8-9H,1-4,7H2,(H,17,18)(H2,15,16,19). The highest BCUT2D eigenvalue weighted by Crippen LogP contribution is 2.17. The van der Waals surface area contributed by atoms with Crippen molar-refractivity contribution in [3.05, 3.63) is 24.0 Å². The molecular formula is C13H17N3O3. The van der Waals surface area contributed by atoms with Crippen molar-refractivity contribution in [2.24, 2.45) is 0 Å². The minimum absolute atomic E-state index is 0.117. The minimum atomic E-state index is -0.924. The van der Waals surface area contributed by atoms with Crippen LogP contribution in [-0.2, 0) is 11.2 Å². The first kappa shape index (κ1) is 13.3. The lowest BCUT2D eigenvalue weighted by atomic mass is 10.2. The van der Waals surface area contributed by atoms with Gasteiger partial charge in [0.25, 0.3) is 0 Å². The highest BCUT2D eigenvalue weighted by Gasteiger charge is 2.16. The van der Waals surface area contributed by atoms with Crippen molar-refractivity contribution >= 4 is 17.7 Å². The van der Waals surface area contributed by atoms with Gasteiger partial charge in [0.05, 0.1) is 24.0 Å². The fraction of sp³-hybridized carbons (Fsp3) is 0.462. The molecule has 2 amide bonds. The van der Waals surface area contributed by atoms with Gasteiger partial charge in [-0.2, -0.15) is 0 Å². The number of rotatable bonds is 4. The molecule has 0 atom stereocenters. The average Bonchev–Trinajstić information content (AvgIpc) is 2.83. The number of nitrogens with zero attached hydrogens (tertiary/aromatic N) is 1. The van der Waals surface area contributed by atoms with Crippen LogP contribution in [0, 0.1) is 0 Å². The number of pyridine rings is 1. The SMILES string of the molecule is O=C(O)Cc1ccc(NC(=O)NC2CCCC2)cn1. The largest absolute Gasteiger partial charge is 0.481 e. The molecule has 0 saturated heterocycles. The van der Waals surface area contributed by atoms with Crippen LogP contribution >= 0.6 is 0 Å². The Labute approximate surface area is 111 Å². The predicted octanol–water partition coefficient (Wildman–Crippen LogP) is 1.77. The van der Waals surface area contributed by atoms with Crippen LogP contribution in [0.4, 0.5) is 10.5 Å². The van der Waals surface area contributed by atoms with Crippen LogP contribution < -0.4 is 10.6 Å². The Hall–Kier alpha value is -2.11. The van der Waals surface area contributed by atoms with Gasteiger partial charge in [0.2, 0.25) is 0 Å². The first-order chi connectivity index (χ1) is 9.13. The molecule has 0 spiro atoms. The molecule has 1 fully saturated rings. The lowest BCUT2D eigenvalue weighted by molar-refractivity contribution is -0.136. The third-order valence-electron chi connectivity index (χ3n) is 3.11. The van der Waals surface area contributed by atoms with E-state index in [4.69, 9.17) is 5.11 Å². The number of hydrogen-bond acceptors (Lipinski definition) is 3. The molecule has 1 aliphatic rings. The number of aromatic nitrogens is 1. The maximum absolute atomic E-state index is 11.7. The maximum Gasteiger partial charge on any atom is 0.319 e. The van der Waals surface area contributed by atoms with Crippen molar-refractivity contribution in [3.63, 3.8) is 0 Å². The lowest BCUT2D eigenvalue weighted by Gasteiger charge is -2.12. The molecular weight excluding hydrogens is 246 g/mol. The number of carbonyl (C=O) groups excluding carboxylic acids is 1. The van der Waals surface area contributed by atoms with Gasteiger partial charge in [-0.3, -0.25) is 9.78 Å². The van der Waals surface area contributed by atoms with Crippen LogP contribution in [0.2, 0.25) is 0 Å². The zero-order valence-electron chi connectivity index (χ0n) is 10.6. The van der Waals surface area contributed by atoms with Gasteiger partial charge in [0, 0.05) is 6.04 Å². The fourth-order valence-electron chi connectivity index (χ4n) is 2.18. The third-order valence-corrected chi connectivity index (χ3v) is 3.11. The monoisotopic (exact) mass is 263 g/mol. The first-order valence-corrected chi connectivity index (χ1v) is 6.38. The number of nitrogens with one attached hydrogen (secondary N) is 2. The Bertz CT molecular complexity index is 453. The molecule has 2 rings (SSSR count). The summed E-state index contributed by atoms with van der Waals surface area (Å²) in [5.74, 6) is -0.924. The molecule has 3 N–H and O–H groups in total. The van der Waals surface area contributed by atoms with E-state index in [9.17, 15) is 9.59 Å². The molecule has 1 aliphatic carbocycles. The number of hydrogen-bond donors (Lipinski definition) is 3. The topological polar surface area (TPSA) is 91.3 Å². The van der Waals surface area contributed by atoms with E-state index >= 15 is 0 Å². The Morgan fingerprint density at radius 1 is 1.32 bits per heavy atom. The quantitative estimate of drug-likeness (QED) is 0.772. The van der Waals surface area contributed by atoms with E-state index in [0.717, 1.165) is 25.7 Å². The maximum atomic E-state index is 11.7. The van der Waals surface area contributed by atoms with Crippen LogP contribution in [0.3, 0.4) is 0 Å². The van der Waals surface area contributed by atoms with Gasteiger partial charge in [0.15, 0.2) is 0 Å². The van der Waals surface area contributed by atoms with E-state index in [0.29, 0.717) is 11.4 Å². The second-order valence-electron chi connectivity index (χ2n) is 4.69. The Balaban J connectivity index is 1.84. The first-order valence-electron chi connectivity index (χ1n) is 6.38. The number of carbonyl (C=O) groups is 2. The third kappa shape index (κ3) is 4.24. The van der Waals surface area contributed by atoms with Crippen molar-refractivity contribution in [1.29, 1.82) is 0 Å². The molecule has 1 aromatic rings. The van der Waals surface area contributed by atoms with Crippen LogP contribution in [0.15, 0.2) is 18.3 Å². The van der Waals surface area contributed by atoms with Crippen molar-refractivity contribution in [1.82, 2.24) is 10.3 Å². The normalized spacial score (nSPS) is 15.2. The number of anilines is 1. The second-order valence-corrected chi connectivity index (χ2v) is 4.69. The molecule has 0 unspecified atom stereocenters. The van der Waals surface area contributed by atoms with Gasteiger partial charge < -0.3 is 15.7 Å². The van der Waals surface area contributed by atoms with E-state index < -0.39 is 5.97 Å². The van der Waals surface area contributed by atoms with Crippen molar-refractivity contribution in [2.75, 3.05) is 5.32 Å². The summed E-state index contributed by atoms with van der Waals surface area (Å²) in [6.45, 7) is 0. The molecule has 1 saturated carbocycles. The number of aliphatic carboxylic acids is 1. The molecule has 19 heavy (non-hydrogen) atoms. The van der Waals surface area contributed by atoms with Gasteiger partial charge in [-0.25, -0.2) is 4.79 Å². The lowest BCUT2D eigenvalue weighted by Crippen LogP contribution is -2.36. The number of carboxylic acid groups (broad SMARTS) is 1. The van der Waals surface area contributed by atoms with E-state index in [2.05, 4.69) is 15.6 Å². The van der Waals surface area contributed by atoms with Gasteiger partial charge in [-0.05, 0) is 25.0 Å². The van der Waals surface area contributed by atoms with Crippen molar-refractivity contribution < 1.29 is 14.7 Å². The van der Waals surface area contributed by atoms with E-state index in [1.54, 1.807) is 12.1 Å². The molecule has 0 bridgehead atoms. The Kier molecular flexibility index (Phi) is 4.33. The van der Waals surface area contributed by atoms with Crippen LogP contribution in [0.25, 0.3) is 0 Å². The highest BCUT2D eigenvalue weighted by atomic mass is 16.4. The predicted molar refractivity (Wildman–Crippen MR) is 70.0 cm³/mol. The second kappa shape index (κ2) is 6.17. The van der Waals surface area contributed by atoms with Gasteiger partial charge in [-0.15, -0.1) is 0 Å². The molecule has 1 heterocycles. The average molecular weight is 263 g/mol. The Morgan fingerprint density at radius 2 is 2.05 bits per heavy atom. The molecule has 0 aliphatic heterocycles. The fourth-order valence-corrected chi connectivity index (χ4v) is 2.18. The van der Waals surface area contributed by atoms with Gasteiger partial charge in [0.1, 0.15) is 0 Å². The van der Waals surface area contributed by atoms with Gasteiger partial charge >= 0.3 is 12.0 Å². The zero-order chi connectivity index (χ0) is 13.7. The summed E-state index contributed by atoms with van der Waals surface area (Å²) in [5, 5.41) is 14.2. The summed E-state index contributed by atoms with van der Waals surface area (Å²) in [4.78, 5) is 26.2. The number of urea groups is 1. The van der Waals surface area contributed by atoms with Crippen LogP contribution in [-0.4, -0.2) is 28.1 Å². The molecule has 6 heteroatoms. The zero-order valence-corrected chi connectivity index (χ0v) is 10.6. The van der Waals surface area contributed by atoms with Crippen LogP contribution in [0.1, 0.15) is 31.4 Å². The highest BCUT2D eigenvalue weighted by molar-refractivity contribution is 5.89. The van der Waals surface area contributed by atoms with Crippen LogP contribution in [0.5, 0.6) is 0 Å². The van der Waals surface area contributed by atoms with E-state index in [-0.39, 0.29) is 18.5 Å². The van der Waals surface area contributed by atoms with E-state index in [1.165, 1.54) is 6.20 Å². The molecule has 102 valence electrons. The van der Waals surface area contributed by atoms with Gasteiger partial charge in [-0.1, -0.05) is 12.8 Å². The molecule has 0 radical (unpaired) electrons. The summed E-state index contributed by atoms with van der Waals surface area (Å²) in [7, 11) is 0. The summed E-state index contributed by atoms with van der Waals surface area (Å²) >= 11 is 0. The number of carboxylic acids is 1. The smallest absolute Gasteiger partial charge is 0.319 e. The summed E-state index contributed by atoms with van der Waals surface area (Å²) in [6, 6.07) is 3.28. The van der Waals surface area contributed by atoms with Crippen molar-refractivity contribution in [3.8, 4) is 0 Å². The van der Waals surface area contributed by atoms with Crippen molar-refractivity contribution in [2.45, 2.75) is 38.1 Å². The molecule has 0 aromatic carbocycles. The summed E-state index contributed by atoms with van der Waals surface area (Å²) in [5.41, 5.74) is 1.03.